The fourth-order valence-corrected chi connectivity index (χ4v) is 2.32. The van der Waals surface area contributed by atoms with Gasteiger partial charge in [-0.15, -0.1) is 0 Å². The molecule has 0 saturated heterocycles. The summed E-state index contributed by atoms with van der Waals surface area (Å²) in [5.74, 6) is 0.312. The summed E-state index contributed by atoms with van der Waals surface area (Å²) in [6.07, 6.45) is 2.75. The molecule has 0 radical (unpaired) electrons. The Bertz CT molecular complexity index is 486. The lowest BCUT2D eigenvalue weighted by molar-refractivity contribution is -0.144. The molecule has 3 heteroatoms. The summed E-state index contributed by atoms with van der Waals surface area (Å²) in [5, 5.41) is 9.31. The summed E-state index contributed by atoms with van der Waals surface area (Å²) in [4.78, 5) is 12.7. The van der Waals surface area contributed by atoms with Crippen molar-refractivity contribution in [2.45, 2.75) is 60.8 Å². The minimum atomic E-state index is -0.181. The molecule has 3 nitrogen and oxygen atoms in total. The summed E-state index contributed by atoms with van der Waals surface area (Å²) >= 11 is 0. The van der Waals surface area contributed by atoms with E-state index in [1.807, 2.05) is 0 Å². The van der Waals surface area contributed by atoms with Gasteiger partial charge in [-0.2, -0.15) is 0 Å². The lowest BCUT2D eigenvalue weighted by Gasteiger charge is -2.37. The highest BCUT2D eigenvalue weighted by atomic mass is 16.5. The molecule has 1 N–H and O–H groups in total. The fraction of sp³-hybridized carbons (Fsp3) is 0.632. The molecule has 0 fully saturated rings. The average molecular weight is 306 g/mol. The number of aromatic hydroxyl groups is 1. The Morgan fingerprint density at radius 2 is 1.64 bits per heavy atom. The number of phenolic OH excluding ortho intramolecular Hbond substituents is 1. The van der Waals surface area contributed by atoms with Crippen LogP contribution in [0.5, 0.6) is 11.5 Å². The molecule has 0 aromatic heterocycles. The maximum Gasteiger partial charge on any atom is 0.314 e. The number of esters is 1. The van der Waals surface area contributed by atoms with Gasteiger partial charge in [0.2, 0.25) is 0 Å². The van der Waals surface area contributed by atoms with Crippen LogP contribution in [0.4, 0.5) is 0 Å². The number of rotatable bonds is 7. The van der Waals surface area contributed by atoms with Crippen LogP contribution in [-0.2, 0) is 4.79 Å². The zero-order chi connectivity index (χ0) is 17.0. The number of phenols is 1. The molecule has 0 saturated carbocycles. The molecule has 0 heterocycles. The van der Waals surface area contributed by atoms with Gasteiger partial charge >= 0.3 is 5.97 Å². The lowest BCUT2D eigenvalue weighted by atomic mass is 9.68. The quantitative estimate of drug-likeness (QED) is 0.558. The zero-order valence-electron chi connectivity index (χ0n) is 14.8. The first-order chi connectivity index (χ1) is 10.1. The van der Waals surface area contributed by atoms with Gasteiger partial charge in [-0.05, 0) is 41.5 Å². The van der Waals surface area contributed by atoms with Crippen LogP contribution in [0.3, 0.4) is 0 Å². The Morgan fingerprint density at radius 3 is 2.09 bits per heavy atom. The number of benzene rings is 1. The molecule has 0 spiro atoms. The van der Waals surface area contributed by atoms with Crippen molar-refractivity contribution in [2.75, 3.05) is 0 Å². The van der Waals surface area contributed by atoms with Crippen molar-refractivity contribution in [1.82, 2.24) is 0 Å². The molecule has 0 aliphatic rings. The molecule has 1 atom stereocenters. The average Bonchev–Trinajstić information content (AvgIpc) is 2.47. The summed E-state index contributed by atoms with van der Waals surface area (Å²) in [7, 11) is 0. The predicted octanol–water partition coefficient (Wildman–Crippen LogP) is 5.18. The van der Waals surface area contributed by atoms with Crippen LogP contribution in [-0.4, -0.2) is 11.1 Å². The summed E-state index contributed by atoms with van der Waals surface area (Å²) in [5.41, 5.74) is -0.00841. The third-order valence-corrected chi connectivity index (χ3v) is 4.91. The number of carbonyl (C=O) groups is 1. The van der Waals surface area contributed by atoms with E-state index in [0.717, 1.165) is 19.3 Å². The van der Waals surface area contributed by atoms with Gasteiger partial charge in [0.1, 0.15) is 11.5 Å². The van der Waals surface area contributed by atoms with Crippen LogP contribution in [0.1, 0.15) is 60.8 Å². The van der Waals surface area contributed by atoms with Crippen molar-refractivity contribution in [1.29, 1.82) is 0 Å². The van der Waals surface area contributed by atoms with Crippen LogP contribution in [0.2, 0.25) is 0 Å². The first kappa shape index (κ1) is 18.5. The van der Waals surface area contributed by atoms with E-state index in [9.17, 15) is 9.90 Å². The molecule has 124 valence electrons. The molecule has 1 unspecified atom stereocenters. The van der Waals surface area contributed by atoms with Gasteiger partial charge in [0.15, 0.2) is 0 Å². The second-order valence-electron chi connectivity index (χ2n) is 7.53. The lowest BCUT2D eigenvalue weighted by Crippen LogP contribution is -2.37. The van der Waals surface area contributed by atoms with Gasteiger partial charge in [-0.3, -0.25) is 4.79 Å². The molecule has 0 aliphatic carbocycles. The largest absolute Gasteiger partial charge is 0.508 e. The first-order valence-corrected chi connectivity index (χ1v) is 8.12. The van der Waals surface area contributed by atoms with Crippen LogP contribution in [0.15, 0.2) is 24.3 Å². The van der Waals surface area contributed by atoms with Gasteiger partial charge in [0.25, 0.3) is 0 Å². The van der Waals surface area contributed by atoms with Gasteiger partial charge in [-0.25, -0.2) is 0 Å². The fourth-order valence-electron chi connectivity index (χ4n) is 2.32. The second-order valence-corrected chi connectivity index (χ2v) is 7.53. The van der Waals surface area contributed by atoms with E-state index < -0.39 is 0 Å². The second kappa shape index (κ2) is 7.17. The predicted molar refractivity (Wildman–Crippen MR) is 90.0 cm³/mol. The highest BCUT2D eigenvalue weighted by molar-refractivity contribution is 5.76. The van der Waals surface area contributed by atoms with Crippen molar-refractivity contribution < 1.29 is 14.6 Å². The maximum atomic E-state index is 12.7. The topological polar surface area (TPSA) is 46.5 Å². The van der Waals surface area contributed by atoms with Crippen LogP contribution in [0.25, 0.3) is 0 Å². The number of hydrogen-bond acceptors (Lipinski definition) is 3. The van der Waals surface area contributed by atoms with E-state index in [1.165, 1.54) is 12.1 Å². The van der Waals surface area contributed by atoms with Gasteiger partial charge < -0.3 is 9.84 Å². The number of hydrogen-bond donors (Lipinski definition) is 1. The Labute approximate surface area is 134 Å². The van der Waals surface area contributed by atoms with Crippen LogP contribution >= 0.6 is 0 Å². The Hall–Kier alpha value is -1.51. The van der Waals surface area contributed by atoms with E-state index >= 15 is 0 Å². The molecule has 0 aliphatic heterocycles. The normalized spacial score (nSPS) is 13.7. The molecule has 22 heavy (non-hydrogen) atoms. The molecule has 1 rings (SSSR count). The van der Waals surface area contributed by atoms with Gasteiger partial charge in [-0.1, -0.05) is 54.4 Å². The van der Waals surface area contributed by atoms with Crippen molar-refractivity contribution in [3.05, 3.63) is 24.3 Å². The monoisotopic (exact) mass is 306 g/mol. The Morgan fingerprint density at radius 1 is 1.09 bits per heavy atom. The first-order valence-electron chi connectivity index (χ1n) is 8.12. The van der Waals surface area contributed by atoms with Gasteiger partial charge in [0.05, 0.1) is 5.92 Å². The molecule has 0 amide bonds. The van der Waals surface area contributed by atoms with Crippen molar-refractivity contribution in [2.24, 2.45) is 16.7 Å². The third kappa shape index (κ3) is 5.04. The zero-order valence-corrected chi connectivity index (χ0v) is 14.8. The van der Waals surface area contributed by atoms with E-state index in [-0.39, 0.29) is 28.5 Å². The maximum absolute atomic E-state index is 12.7. The molecule has 0 bridgehead atoms. The van der Waals surface area contributed by atoms with Crippen molar-refractivity contribution >= 4 is 5.97 Å². The van der Waals surface area contributed by atoms with E-state index in [1.54, 1.807) is 12.1 Å². The van der Waals surface area contributed by atoms with Crippen LogP contribution in [0, 0.1) is 16.7 Å². The summed E-state index contributed by atoms with van der Waals surface area (Å²) in [6.45, 7) is 12.9. The summed E-state index contributed by atoms with van der Waals surface area (Å²) < 4.78 is 5.56. The Balaban J connectivity index is 2.95. The van der Waals surface area contributed by atoms with Crippen molar-refractivity contribution in [3.63, 3.8) is 0 Å². The number of ether oxygens (including phenoxy) is 1. The smallest absolute Gasteiger partial charge is 0.314 e. The van der Waals surface area contributed by atoms with Gasteiger partial charge in [0, 0.05) is 0 Å². The standard InChI is InChI=1S/C19H30O3/c1-7-18(3,4)13-16(19(5,6)8-2)17(21)22-15-11-9-14(20)10-12-15/h9-12,16,20H,7-8,13H2,1-6H3. The highest BCUT2D eigenvalue weighted by Crippen LogP contribution is 2.41. The van der Waals surface area contributed by atoms with Crippen LogP contribution < -0.4 is 4.74 Å². The molecular formula is C19H30O3. The van der Waals surface area contributed by atoms with E-state index in [2.05, 4.69) is 41.5 Å². The minimum absolute atomic E-state index is 0.102. The minimum Gasteiger partial charge on any atom is -0.508 e. The van der Waals surface area contributed by atoms with E-state index in [0.29, 0.717) is 5.75 Å². The van der Waals surface area contributed by atoms with E-state index in [4.69, 9.17) is 4.74 Å². The molecule has 1 aromatic carbocycles. The highest BCUT2D eigenvalue weighted by Gasteiger charge is 2.38. The molecule has 1 aromatic rings. The Kier molecular flexibility index (Phi) is 6.04. The summed E-state index contributed by atoms with van der Waals surface area (Å²) in [6, 6.07) is 6.29. The number of carbonyl (C=O) groups excluding carboxylic acids is 1. The third-order valence-electron chi connectivity index (χ3n) is 4.91. The SMILES string of the molecule is CCC(C)(C)CC(C(=O)Oc1ccc(O)cc1)C(C)(C)CC. The molecular weight excluding hydrogens is 276 g/mol. The van der Waals surface area contributed by atoms with Crippen molar-refractivity contribution in [3.8, 4) is 11.5 Å².